The van der Waals surface area contributed by atoms with Crippen LogP contribution in [0.2, 0.25) is 0 Å². The summed E-state index contributed by atoms with van der Waals surface area (Å²) in [5, 5.41) is 0. The van der Waals surface area contributed by atoms with Gasteiger partial charge >= 0.3 is 0 Å². The van der Waals surface area contributed by atoms with E-state index in [0.29, 0.717) is 16.4 Å². The third-order valence-corrected chi connectivity index (χ3v) is 6.51. The zero-order valence-corrected chi connectivity index (χ0v) is 12.6. The first-order valence-electron chi connectivity index (χ1n) is 7.59. The Morgan fingerprint density at radius 1 is 0.952 bits per heavy atom. The molecule has 0 N–H and O–H groups in total. The van der Waals surface area contributed by atoms with Gasteiger partial charge in [0.25, 0.3) is 0 Å². The van der Waals surface area contributed by atoms with Crippen molar-refractivity contribution in [3.8, 4) is 11.5 Å². The minimum Gasteiger partial charge on any atom is -0.454 e. The van der Waals surface area contributed by atoms with Crippen LogP contribution in [-0.4, -0.2) is 31.6 Å². The number of benzene rings is 1. The zero-order chi connectivity index (χ0) is 14.4. The molecule has 2 saturated carbocycles. The van der Waals surface area contributed by atoms with E-state index in [-0.39, 0.29) is 18.9 Å². The number of hydrogen-bond donors (Lipinski definition) is 0. The molecule has 0 saturated heterocycles. The van der Waals surface area contributed by atoms with E-state index >= 15 is 0 Å². The SMILES string of the molecule is O=S(=O)(c1ccc2c(c1)OCO2)N(C1CCCC1)C1CC1. The fraction of sp³-hybridized carbons (Fsp3) is 0.600. The molecule has 0 spiro atoms. The van der Waals surface area contributed by atoms with E-state index in [1.54, 1.807) is 22.5 Å². The zero-order valence-electron chi connectivity index (χ0n) is 11.8. The smallest absolute Gasteiger partial charge is 0.243 e. The van der Waals surface area contributed by atoms with Crippen LogP contribution in [0, 0.1) is 0 Å². The third kappa shape index (κ3) is 2.30. The van der Waals surface area contributed by atoms with Crippen LogP contribution in [0.1, 0.15) is 38.5 Å². The first kappa shape index (κ1) is 13.4. The van der Waals surface area contributed by atoms with Crippen molar-refractivity contribution in [2.24, 2.45) is 0 Å². The molecule has 0 unspecified atom stereocenters. The van der Waals surface area contributed by atoms with E-state index < -0.39 is 10.0 Å². The largest absolute Gasteiger partial charge is 0.454 e. The van der Waals surface area contributed by atoms with Crippen LogP contribution >= 0.6 is 0 Å². The fourth-order valence-corrected chi connectivity index (χ4v) is 5.28. The van der Waals surface area contributed by atoms with Crippen LogP contribution in [0.15, 0.2) is 23.1 Å². The Balaban J connectivity index is 1.70. The summed E-state index contributed by atoms with van der Waals surface area (Å²) < 4.78 is 38.4. The maximum absolute atomic E-state index is 13.0. The summed E-state index contributed by atoms with van der Waals surface area (Å²) in [5.41, 5.74) is 0. The van der Waals surface area contributed by atoms with E-state index in [0.717, 1.165) is 38.5 Å². The van der Waals surface area contributed by atoms with Gasteiger partial charge in [-0.2, -0.15) is 4.31 Å². The van der Waals surface area contributed by atoms with Crippen LogP contribution in [0.5, 0.6) is 11.5 Å². The Morgan fingerprint density at radius 3 is 2.33 bits per heavy atom. The lowest BCUT2D eigenvalue weighted by atomic mass is 10.2. The van der Waals surface area contributed by atoms with Crippen LogP contribution in [0.3, 0.4) is 0 Å². The molecule has 1 aromatic rings. The van der Waals surface area contributed by atoms with Gasteiger partial charge in [0, 0.05) is 18.2 Å². The van der Waals surface area contributed by atoms with Crippen molar-refractivity contribution in [3.05, 3.63) is 18.2 Å². The van der Waals surface area contributed by atoms with Gasteiger partial charge in [-0.1, -0.05) is 12.8 Å². The minimum atomic E-state index is -3.45. The van der Waals surface area contributed by atoms with Gasteiger partial charge in [0.1, 0.15) is 0 Å². The first-order chi connectivity index (χ1) is 10.2. The average molecular weight is 309 g/mol. The summed E-state index contributed by atoms with van der Waals surface area (Å²) in [7, 11) is -3.45. The third-order valence-electron chi connectivity index (χ3n) is 4.51. The van der Waals surface area contributed by atoms with Crippen molar-refractivity contribution in [2.75, 3.05) is 6.79 Å². The normalized spacial score (nSPS) is 22.1. The topological polar surface area (TPSA) is 55.8 Å². The molecule has 6 heteroatoms. The molecule has 2 fully saturated rings. The molecular formula is C15H19NO4S. The highest BCUT2D eigenvalue weighted by Gasteiger charge is 2.43. The molecule has 0 amide bonds. The van der Waals surface area contributed by atoms with Gasteiger partial charge in [-0.15, -0.1) is 0 Å². The average Bonchev–Trinajstić information content (AvgIpc) is 2.97. The van der Waals surface area contributed by atoms with Crippen LogP contribution < -0.4 is 9.47 Å². The molecule has 21 heavy (non-hydrogen) atoms. The van der Waals surface area contributed by atoms with Crippen LogP contribution in [-0.2, 0) is 10.0 Å². The van der Waals surface area contributed by atoms with Crippen LogP contribution in [0.4, 0.5) is 0 Å². The van der Waals surface area contributed by atoms with Gasteiger partial charge in [-0.25, -0.2) is 8.42 Å². The number of ether oxygens (including phenoxy) is 2. The van der Waals surface area contributed by atoms with Crippen molar-refractivity contribution in [3.63, 3.8) is 0 Å². The first-order valence-corrected chi connectivity index (χ1v) is 9.03. The van der Waals surface area contributed by atoms with E-state index in [1.807, 2.05) is 0 Å². The lowest BCUT2D eigenvalue weighted by molar-refractivity contribution is 0.174. The molecule has 0 aromatic heterocycles. The maximum atomic E-state index is 13.0. The molecule has 4 rings (SSSR count). The quantitative estimate of drug-likeness (QED) is 0.857. The van der Waals surface area contributed by atoms with E-state index in [4.69, 9.17) is 9.47 Å². The standard InChI is InChI=1S/C15H19NO4S/c17-21(18,13-7-8-14-15(9-13)20-10-19-14)16(12-5-6-12)11-3-1-2-4-11/h7-9,11-12H,1-6,10H2. The summed E-state index contributed by atoms with van der Waals surface area (Å²) in [6.07, 6.45) is 6.20. The minimum absolute atomic E-state index is 0.161. The van der Waals surface area contributed by atoms with Crippen molar-refractivity contribution in [2.45, 2.75) is 55.5 Å². The van der Waals surface area contributed by atoms with E-state index in [1.165, 1.54) is 0 Å². The number of rotatable bonds is 4. The lowest BCUT2D eigenvalue weighted by Crippen LogP contribution is -2.40. The highest BCUT2D eigenvalue weighted by molar-refractivity contribution is 7.89. The Bertz CT molecular complexity index is 648. The molecule has 1 aromatic carbocycles. The molecule has 0 atom stereocenters. The second-order valence-electron chi connectivity index (χ2n) is 6.02. The summed E-state index contributed by atoms with van der Waals surface area (Å²) in [4.78, 5) is 0.325. The highest BCUT2D eigenvalue weighted by Crippen LogP contribution is 2.40. The van der Waals surface area contributed by atoms with Crippen LogP contribution in [0.25, 0.3) is 0 Å². The molecule has 2 aliphatic carbocycles. The van der Waals surface area contributed by atoms with Crippen molar-refractivity contribution in [1.82, 2.24) is 4.31 Å². The summed E-state index contributed by atoms with van der Waals surface area (Å²) >= 11 is 0. The number of nitrogens with zero attached hydrogens (tertiary/aromatic N) is 1. The monoisotopic (exact) mass is 309 g/mol. The molecule has 5 nitrogen and oxygen atoms in total. The van der Waals surface area contributed by atoms with E-state index in [2.05, 4.69) is 0 Å². The summed E-state index contributed by atoms with van der Waals surface area (Å²) in [6.45, 7) is 0.161. The Labute approximate surface area is 124 Å². The Morgan fingerprint density at radius 2 is 1.62 bits per heavy atom. The number of sulfonamides is 1. The number of hydrogen-bond acceptors (Lipinski definition) is 4. The fourth-order valence-electron chi connectivity index (χ4n) is 3.34. The second kappa shape index (κ2) is 4.88. The molecule has 1 aliphatic heterocycles. The summed E-state index contributed by atoms with van der Waals surface area (Å²) in [6, 6.07) is 5.29. The molecule has 0 bridgehead atoms. The van der Waals surface area contributed by atoms with Crippen molar-refractivity contribution in [1.29, 1.82) is 0 Å². The van der Waals surface area contributed by atoms with Gasteiger partial charge in [0.2, 0.25) is 16.8 Å². The number of fused-ring (bicyclic) bond motifs is 1. The Hall–Kier alpha value is -1.27. The molecule has 1 heterocycles. The molecule has 0 radical (unpaired) electrons. The lowest BCUT2D eigenvalue weighted by Gasteiger charge is -2.28. The van der Waals surface area contributed by atoms with Gasteiger partial charge in [-0.05, 0) is 37.8 Å². The predicted octanol–water partition coefficient (Wildman–Crippen LogP) is 2.51. The van der Waals surface area contributed by atoms with E-state index in [9.17, 15) is 8.42 Å². The highest BCUT2D eigenvalue weighted by atomic mass is 32.2. The van der Waals surface area contributed by atoms with Crippen molar-refractivity contribution >= 4 is 10.0 Å². The van der Waals surface area contributed by atoms with Gasteiger partial charge < -0.3 is 9.47 Å². The molecular weight excluding hydrogens is 290 g/mol. The Kier molecular flexibility index (Phi) is 3.11. The molecule has 3 aliphatic rings. The van der Waals surface area contributed by atoms with Gasteiger partial charge in [0.05, 0.1) is 4.90 Å². The molecule has 114 valence electrons. The van der Waals surface area contributed by atoms with Gasteiger partial charge in [-0.3, -0.25) is 0 Å². The maximum Gasteiger partial charge on any atom is 0.243 e. The van der Waals surface area contributed by atoms with Gasteiger partial charge in [0.15, 0.2) is 11.5 Å². The summed E-state index contributed by atoms with van der Waals surface area (Å²) in [5.74, 6) is 1.14. The predicted molar refractivity (Wildman–Crippen MR) is 76.9 cm³/mol. The van der Waals surface area contributed by atoms with Crippen molar-refractivity contribution < 1.29 is 17.9 Å². The second-order valence-corrected chi connectivity index (χ2v) is 7.86.